The van der Waals surface area contributed by atoms with Gasteiger partial charge in [0, 0.05) is 6.04 Å². The predicted octanol–water partition coefficient (Wildman–Crippen LogP) is -1.64. The fourth-order valence-corrected chi connectivity index (χ4v) is 6.67. The number of urea groups is 1. The average Bonchev–Trinajstić information content (AvgIpc) is 2.75. The van der Waals surface area contributed by atoms with Crippen molar-refractivity contribution in [3.63, 3.8) is 0 Å². The van der Waals surface area contributed by atoms with Crippen molar-refractivity contribution in [2.45, 2.75) is 24.5 Å². The molecular weight excluding hydrogens is 280 g/mol. The van der Waals surface area contributed by atoms with E-state index >= 15 is 0 Å². The van der Waals surface area contributed by atoms with E-state index in [4.69, 9.17) is 0 Å². The minimum atomic E-state index is -3.13. The van der Waals surface area contributed by atoms with Crippen LogP contribution in [0.25, 0.3) is 0 Å². The molecule has 3 atom stereocenters. The number of nitrogens with zero attached hydrogens (tertiary/aromatic N) is 1. The molecular formula is C9H14N2O5S2. The molecule has 102 valence electrons. The second-order valence-electron chi connectivity index (χ2n) is 5.16. The molecule has 7 nitrogen and oxygen atoms in total. The predicted molar refractivity (Wildman–Crippen MR) is 63.7 cm³/mol. The van der Waals surface area contributed by atoms with E-state index in [1.54, 1.807) is 0 Å². The maximum Gasteiger partial charge on any atom is 0.318 e. The third kappa shape index (κ3) is 1.89. The molecule has 0 aliphatic carbocycles. The molecule has 0 saturated carbocycles. The van der Waals surface area contributed by atoms with Gasteiger partial charge in [0.25, 0.3) is 0 Å². The number of sulfone groups is 2. The fourth-order valence-electron chi connectivity index (χ4n) is 3.06. The molecule has 0 aromatic rings. The zero-order chi connectivity index (χ0) is 13.1. The van der Waals surface area contributed by atoms with Crippen LogP contribution in [0, 0.1) is 0 Å². The number of rotatable bonds is 1. The van der Waals surface area contributed by atoms with Gasteiger partial charge in [-0.25, -0.2) is 21.6 Å². The van der Waals surface area contributed by atoms with Crippen molar-refractivity contribution >= 4 is 25.7 Å². The Morgan fingerprint density at radius 2 is 1.78 bits per heavy atom. The van der Waals surface area contributed by atoms with Crippen LogP contribution >= 0.6 is 0 Å². The van der Waals surface area contributed by atoms with Gasteiger partial charge < -0.3 is 10.2 Å². The third-order valence-electron chi connectivity index (χ3n) is 3.83. The molecule has 0 radical (unpaired) electrons. The maximum absolute atomic E-state index is 11.8. The Kier molecular flexibility index (Phi) is 2.44. The van der Waals surface area contributed by atoms with E-state index in [1.165, 1.54) is 4.90 Å². The molecule has 1 N–H and O–H groups in total. The molecule has 3 saturated heterocycles. The molecule has 0 aromatic heterocycles. The first kappa shape index (κ1) is 12.2. The number of hydrogen-bond donors (Lipinski definition) is 1. The molecule has 9 heteroatoms. The van der Waals surface area contributed by atoms with Crippen LogP contribution in [-0.4, -0.2) is 68.9 Å². The summed E-state index contributed by atoms with van der Waals surface area (Å²) >= 11 is 0. The molecule has 3 aliphatic rings. The summed E-state index contributed by atoms with van der Waals surface area (Å²) in [6.45, 7) is 0. The second-order valence-corrected chi connectivity index (χ2v) is 9.55. The number of carbonyl (C=O) groups is 1. The van der Waals surface area contributed by atoms with E-state index in [0.717, 1.165) is 0 Å². The molecule has 0 spiro atoms. The lowest BCUT2D eigenvalue weighted by Crippen LogP contribution is -2.45. The van der Waals surface area contributed by atoms with Crippen molar-refractivity contribution in [1.82, 2.24) is 10.2 Å². The first-order chi connectivity index (χ1) is 8.27. The first-order valence-corrected chi connectivity index (χ1v) is 9.41. The SMILES string of the molecule is O=C1N[C@@H]2CS(=O)(=O)C[C@@H]2N1[C@@H]1CCS(=O)(=O)C1. The normalized spacial score (nSPS) is 40.8. The molecule has 2 amide bonds. The highest BCUT2D eigenvalue weighted by atomic mass is 32.2. The molecule has 0 aromatic carbocycles. The summed E-state index contributed by atoms with van der Waals surface area (Å²) in [4.78, 5) is 13.3. The summed E-state index contributed by atoms with van der Waals surface area (Å²) < 4.78 is 46.0. The van der Waals surface area contributed by atoms with Crippen molar-refractivity contribution in [2.75, 3.05) is 23.0 Å². The minimum Gasteiger partial charge on any atom is -0.332 e. The largest absolute Gasteiger partial charge is 0.332 e. The molecule has 3 rings (SSSR count). The Balaban J connectivity index is 1.86. The molecule has 0 bridgehead atoms. The van der Waals surface area contributed by atoms with E-state index < -0.39 is 25.7 Å². The number of fused-ring (bicyclic) bond motifs is 1. The van der Waals surface area contributed by atoms with Crippen LogP contribution in [0.5, 0.6) is 0 Å². The highest BCUT2D eigenvalue weighted by molar-refractivity contribution is 7.92. The van der Waals surface area contributed by atoms with E-state index in [9.17, 15) is 21.6 Å². The van der Waals surface area contributed by atoms with E-state index in [-0.39, 0.29) is 41.1 Å². The van der Waals surface area contributed by atoms with Crippen LogP contribution < -0.4 is 5.32 Å². The van der Waals surface area contributed by atoms with E-state index in [1.807, 2.05) is 0 Å². The summed E-state index contributed by atoms with van der Waals surface area (Å²) in [5, 5.41) is 2.64. The fraction of sp³-hybridized carbons (Fsp3) is 0.889. The summed E-state index contributed by atoms with van der Waals surface area (Å²) in [7, 11) is -6.21. The molecule has 18 heavy (non-hydrogen) atoms. The summed E-state index contributed by atoms with van der Waals surface area (Å²) in [6, 6.07) is -1.49. The first-order valence-electron chi connectivity index (χ1n) is 5.77. The number of amides is 2. The van der Waals surface area contributed by atoms with Crippen LogP contribution in [0.2, 0.25) is 0 Å². The van der Waals surface area contributed by atoms with Gasteiger partial charge in [-0.1, -0.05) is 0 Å². The standard InChI is InChI=1S/C9H14N2O5S2/c12-9-10-7-4-18(15,16)5-8(7)11(9)6-1-2-17(13,14)3-6/h6-8H,1-5H2,(H,10,12)/t6-,7-,8+/m1/s1. The lowest BCUT2D eigenvalue weighted by atomic mass is 10.1. The van der Waals surface area contributed by atoms with Gasteiger partial charge in [-0.2, -0.15) is 0 Å². The topological polar surface area (TPSA) is 101 Å². The van der Waals surface area contributed by atoms with Crippen molar-refractivity contribution in [2.24, 2.45) is 0 Å². The van der Waals surface area contributed by atoms with Gasteiger partial charge in [0.05, 0.1) is 35.1 Å². The zero-order valence-electron chi connectivity index (χ0n) is 9.57. The van der Waals surface area contributed by atoms with Crippen LogP contribution in [0.4, 0.5) is 4.79 Å². The Bertz CT molecular complexity index is 596. The van der Waals surface area contributed by atoms with Gasteiger partial charge in [-0.3, -0.25) is 0 Å². The van der Waals surface area contributed by atoms with Gasteiger partial charge >= 0.3 is 6.03 Å². The molecule has 3 heterocycles. The number of nitrogens with one attached hydrogen (secondary N) is 1. The Morgan fingerprint density at radius 1 is 1.06 bits per heavy atom. The zero-order valence-corrected chi connectivity index (χ0v) is 11.2. The highest BCUT2D eigenvalue weighted by Gasteiger charge is 2.52. The summed E-state index contributed by atoms with van der Waals surface area (Å²) in [5.41, 5.74) is 0. The molecule has 3 aliphatic heterocycles. The highest BCUT2D eigenvalue weighted by Crippen LogP contribution is 2.29. The Hall–Kier alpha value is -0.830. The van der Waals surface area contributed by atoms with E-state index in [2.05, 4.69) is 5.32 Å². The van der Waals surface area contributed by atoms with Crippen molar-refractivity contribution < 1.29 is 21.6 Å². The summed E-state index contributed by atoms with van der Waals surface area (Å²) in [6.07, 6.45) is 0.402. The lowest BCUT2D eigenvalue weighted by molar-refractivity contribution is 0.186. The van der Waals surface area contributed by atoms with Crippen LogP contribution in [0.1, 0.15) is 6.42 Å². The summed E-state index contributed by atoms with van der Waals surface area (Å²) in [5.74, 6) is -0.0817. The minimum absolute atomic E-state index is 0.0423. The van der Waals surface area contributed by atoms with Crippen LogP contribution in [-0.2, 0) is 19.7 Å². The number of hydrogen-bond acceptors (Lipinski definition) is 5. The van der Waals surface area contributed by atoms with Gasteiger partial charge in [-0.05, 0) is 6.42 Å². The quantitative estimate of drug-likeness (QED) is 0.585. The van der Waals surface area contributed by atoms with Crippen LogP contribution in [0.15, 0.2) is 0 Å². The van der Waals surface area contributed by atoms with Crippen LogP contribution in [0.3, 0.4) is 0 Å². The number of carbonyl (C=O) groups excluding carboxylic acids is 1. The van der Waals surface area contributed by atoms with Crippen molar-refractivity contribution in [1.29, 1.82) is 0 Å². The molecule has 0 unspecified atom stereocenters. The molecule has 3 fully saturated rings. The maximum atomic E-state index is 11.8. The van der Waals surface area contributed by atoms with Gasteiger partial charge in [-0.15, -0.1) is 0 Å². The Morgan fingerprint density at radius 3 is 2.39 bits per heavy atom. The lowest BCUT2D eigenvalue weighted by Gasteiger charge is -2.26. The second kappa shape index (κ2) is 3.60. The van der Waals surface area contributed by atoms with Gasteiger partial charge in [0.15, 0.2) is 19.7 Å². The van der Waals surface area contributed by atoms with Crippen molar-refractivity contribution in [3.05, 3.63) is 0 Å². The van der Waals surface area contributed by atoms with Gasteiger partial charge in [0.2, 0.25) is 0 Å². The Labute approximate surface area is 105 Å². The smallest absolute Gasteiger partial charge is 0.318 e. The van der Waals surface area contributed by atoms with Crippen molar-refractivity contribution in [3.8, 4) is 0 Å². The monoisotopic (exact) mass is 294 g/mol. The third-order valence-corrected chi connectivity index (χ3v) is 7.29. The average molecular weight is 294 g/mol. The van der Waals surface area contributed by atoms with E-state index in [0.29, 0.717) is 6.42 Å². The van der Waals surface area contributed by atoms with Gasteiger partial charge in [0.1, 0.15) is 0 Å².